The van der Waals surface area contributed by atoms with E-state index in [2.05, 4.69) is 26.1 Å². The molecule has 0 fully saturated rings. The molecule has 0 aromatic heterocycles. The third-order valence-corrected chi connectivity index (χ3v) is 2.71. The Labute approximate surface area is 97.3 Å². The van der Waals surface area contributed by atoms with Gasteiger partial charge in [-0.3, -0.25) is 0 Å². The van der Waals surface area contributed by atoms with Crippen molar-refractivity contribution >= 4 is 17.2 Å². The van der Waals surface area contributed by atoms with E-state index in [0.717, 1.165) is 22.6 Å². The molecule has 0 radical (unpaired) electrons. The molecular weight excluding hydrogens is 204 g/mol. The normalized spacial score (nSPS) is 12.2. The number of benzene rings is 1. The summed E-state index contributed by atoms with van der Waals surface area (Å²) >= 11 is 5.97. The molecule has 1 heteroatoms. The molecule has 0 bridgehead atoms. The van der Waals surface area contributed by atoms with Crippen molar-refractivity contribution in [3.8, 4) is 0 Å². The van der Waals surface area contributed by atoms with Crippen LogP contribution in [0.1, 0.15) is 25.0 Å². The highest BCUT2D eigenvalue weighted by Gasteiger charge is 2.06. The van der Waals surface area contributed by atoms with Gasteiger partial charge in [0.05, 0.1) is 0 Å². The molecule has 0 heterocycles. The van der Waals surface area contributed by atoms with E-state index in [1.165, 1.54) is 5.56 Å². The largest absolute Gasteiger partial charge is 0.103 e. The first-order valence-electron chi connectivity index (χ1n) is 5.11. The van der Waals surface area contributed by atoms with Gasteiger partial charge in [-0.1, -0.05) is 42.8 Å². The summed E-state index contributed by atoms with van der Waals surface area (Å²) in [7, 11) is 0. The predicted octanol–water partition coefficient (Wildman–Crippen LogP) is 4.74. The van der Waals surface area contributed by atoms with Crippen LogP contribution in [0.5, 0.6) is 0 Å². The molecule has 0 aliphatic rings. The molecule has 0 saturated carbocycles. The van der Waals surface area contributed by atoms with Crippen LogP contribution >= 0.6 is 11.6 Å². The van der Waals surface area contributed by atoms with E-state index >= 15 is 0 Å². The summed E-state index contributed by atoms with van der Waals surface area (Å²) in [6.07, 6.45) is 2.96. The Morgan fingerprint density at radius 3 is 2.73 bits per heavy atom. The zero-order valence-electron chi connectivity index (χ0n) is 9.39. The van der Waals surface area contributed by atoms with E-state index in [0.29, 0.717) is 5.92 Å². The molecule has 0 nitrogen and oxygen atoms in total. The van der Waals surface area contributed by atoms with Crippen molar-refractivity contribution in [2.24, 2.45) is 5.92 Å². The van der Waals surface area contributed by atoms with Crippen LogP contribution in [0.3, 0.4) is 0 Å². The van der Waals surface area contributed by atoms with E-state index in [9.17, 15) is 0 Å². The van der Waals surface area contributed by atoms with Crippen LogP contribution in [0.2, 0.25) is 5.02 Å². The van der Waals surface area contributed by atoms with Gasteiger partial charge in [-0.05, 0) is 42.5 Å². The summed E-state index contributed by atoms with van der Waals surface area (Å²) in [5.41, 5.74) is 3.51. The molecule has 15 heavy (non-hydrogen) atoms. The Hall–Kier alpha value is -1.01. The van der Waals surface area contributed by atoms with Crippen LogP contribution in [0.15, 0.2) is 37.4 Å². The van der Waals surface area contributed by atoms with Gasteiger partial charge in [0.25, 0.3) is 0 Å². The first-order valence-corrected chi connectivity index (χ1v) is 5.49. The van der Waals surface area contributed by atoms with Gasteiger partial charge in [-0.2, -0.15) is 0 Å². The lowest BCUT2D eigenvalue weighted by molar-refractivity contribution is 0.724. The quantitative estimate of drug-likeness (QED) is 0.643. The standard InChI is InChI=1S/C14H17Cl/c1-5-11(4)8-12-6-7-13(15)9-14(12)10(2)3/h5-7,9,11H,1-2,8H2,3-4H3. The number of rotatable bonds is 4. The molecule has 0 aliphatic heterocycles. The second-order valence-electron chi connectivity index (χ2n) is 4.00. The fourth-order valence-corrected chi connectivity index (χ4v) is 1.73. The summed E-state index contributed by atoms with van der Waals surface area (Å²) in [6.45, 7) is 11.9. The SMILES string of the molecule is C=CC(C)Cc1ccc(Cl)cc1C(=C)C. The zero-order chi connectivity index (χ0) is 11.4. The molecule has 1 aromatic rings. The third kappa shape index (κ3) is 3.24. The third-order valence-electron chi connectivity index (χ3n) is 2.48. The van der Waals surface area contributed by atoms with Crippen molar-refractivity contribution in [1.82, 2.24) is 0 Å². The fourth-order valence-electron chi connectivity index (χ4n) is 1.55. The van der Waals surface area contributed by atoms with Crippen molar-refractivity contribution in [2.45, 2.75) is 20.3 Å². The van der Waals surface area contributed by atoms with E-state index in [-0.39, 0.29) is 0 Å². The summed E-state index contributed by atoms with van der Waals surface area (Å²) in [6, 6.07) is 5.99. The number of hydrogen-bond acceptors (Lipinski definition) is 0. The molecule has 1 unspecified atom stereocenters. The Morgan fingerprint density at radius 2 is 2.20 bits per heavy atom. The highest BCUT2D eigenvalue weighted by atomic mass is 35.5. The van der Waals surface area contributed by atoms with Crippen molar-refractivity contribution in [3.63, 3.8) is 0 Å². The average Bonchev–Trinajstić information content (AvgIpc) is 2.20. The Kier molecular flexibility index (Phi) is 4.16. The lowest BCUT2D eigenvalue weighted by Crippen LogP contribution is -1.99. The monoisotopic (exact) mass is 220 g/mol. The molecule has 1 aromatic carbocycles. The number of hydrogen-bond donors (Lipinski definition) is 0. The molecule has 0 N–H and O–H groups in total. The smallest absolute Gasteiger partial charge is 0.0412 e. The summed E-state index contributed by atoms with van der Waals surface area (Å²) < 4.78 is 0. The minimum atomic E-state index is 0.476. The summed E-state index contributed by atoms with van der Waals surface area (Å²) in [5.74, 6) is 0.476. The van der Waals surface area contributed by atoms with Gasteiger partial charge in [0.2, 0.25) is 0 Å². The van der Waals surface area contributed by atoms with Gasteiger partial charge in [0.15, 0.2) is 0 Å². The first kappa shape index (κ1) is 12.1. The molecule has 80 valence electrons. The molecule has 1 atom stereocenters. The van der Waals surface area contributed by atoms with E-state index in [1.807, 2.05) is 25.1 Å². The lowest BCUT2D eigenvalue weighted by Gasteiger charge is -2.12. The zero-order valence-corrected chi connectivity index (χ0v) is 10.1. The van der Waals surface area contributed by atoms with Crippen molar-refractivity contribution < 1.29 is 0 Å². The minimum Gasteiger partial charge on any atom is -0.103 e. The van der Waals surface area contributed by atoms with Gasteiger partial charge in [0.1, 0.15) is 0 Å². The van der Waals surface area contributed by atoms with Crippen LogP contribution in [-0.2, 0) is 6.42 Å². The van der Waals surface area contributed by atoms with Gasteiger partial charge >= 0.3 is 0 Å². The average molecular weight is 221 g/mol. The minimum absolute atomic E-state index is 0.476. The van der Waals surface area contributed by atoms with Gasteiger partial charge < -0.3 is 0 Å². The fraction of sp³-hybridized carbons (Fsp3) is 0.286. The topological polar surface area (TPSA) is 0 Å². The van der Waals surface area contributed by atoms with Gasteiger partial charge in [-0.25, -0.2) is 0 Å². The summed E-state index contributed by atoms with van der Waals surface area (Å²) in [4.78, 5) is 0. The van der Waals surface area contributed by atoms with Crippen LogP contribution in [0, 0.1) is 5.92 Å². The van der Waals surface area contributed by atoms with Crippen LogP contribution in [0.25, 0.3) is 5.57 Å². The van der Waals surface area contributed by atoms with Crippen molar-refractivity contribution in [3.05, 3.63) is 53.6 Å². The molecule has 0 amide bonds. The van der Waals surface area contributed by atoms with Crippen LogP contribution < -0.4 is 0 Å². The van der Waals surface area contributed by atoms with Crippen LogP contribution in [-0.4, -0.2) is 0 Å². The van der Waals surface area contributed by atoms with Crippen molar-refractivity contribution in [1.29, 1.82) is 0 Å². The summed E-state index contributed by atoms with van der Waals surface area (Å²) in [5, 5.41) is 0.767. The first-order chi connectivity index (χ1) is 7.04. The second kappa shape index (κ2) is 5.18. The maximum Gasteiger partial charge on any atom is 0.0412 e. The molecule has 0 aliphatic carbocycles. The van der Waals surface area contributed by atoms with E-state index < -0.39 is 0 Å². The van der Waals surface area contributed by atoms with Gasteiger partial charge in [0, 0.05) is 5.02 Å². The second-order valence-corrected chi connectivity index (χ2v) is 4.44. The highest BCUT2D eigenvalue weighted by molar-refractivity contribution is 6.30. The van der Waals surface area contributed by atoms with Crippen molar-refractivity contribution in [2.75, 3.05) is 0 Å². The maximum absolute atomic E-state index is 5.97. The van der Waals surface area contributed by atoms with Gasteiger partial charge in [-0.15, -0.1) is 6.58 Å². The number of allylic oxidation sites excluding steroid dienone is 2. The molecule has 1 rings (SSSR count). The Bertz CT molecular complexity index is 377. The number of halogens is 1. The Morgan fingerprint density at radius 1 is 1.53 bits per heavy atom. The Balaban J connectivity index is 3.05. The molecule has 0 spiro atoms. The predicted molar refractivity (Wildman–Crippen MR) is 69.2 cm³/mol. The van der Waals surface area contributed by atoms with E-state index in [4.69, 9.17) is 11.6 Å². The van der Waals surface area contributed by atoms with E-state index in [1.54, 1.807) is 0 Å². The lowest BCUT2D eigenvalue weighted by atomic mass is 9.94. The maximum atomic E-state index is 5.97. The van der Waals surface area contributed by atoms with Crippen LogP contribution in [0.4, 0.5) is 0 Å². The molecule has 0 saturated heterocycles. The molecular formula is C14H17Cl. The highest BCUT2D eigenvalue weighted by Crippen LogP contribution is 2.24.